The number of carbonyl (C=O) groups excluding carboxylic acids is 2. The number of halogens is 3. The van der Waals surface area contributed by atoms with E-state index in [9.17, 15) is 22.8 Å². The number of piperidine rings is 1. The number of ether oxygens (including phenoxy) is 2. The average molecular weight is 531 g/mol. The summed E-state index contributed by atoms with van der Waals surface area (Å²) in [6, 6.07) is 9.25. The SMILES string of the molecule is COc1cc(/C=C2\SC(N3CCC(C(N)=O)CC3)=NC2=O)ccc1Oc1ccc(C#N)cc1C(F)(F)F. The van der Waals surface area contributed by atoms with Crippen LogP contribution in [-0.4, -0.2) is 42.1 Å². The second-order valence-electron chi connectivity index (χ2n) is 8.31. The molecule has 1 saturated heterocycles. The predicted octanol–water partition coefficient (Wildman–Crippen LogP) is 4.55. The van der Waals surface area contributed by atoms with Crippen LogP contribution >= 0.6 is 11.8 Å². The molecule has 192 valence electrons. The summed E-state index contributed by atoms with van der Waals surface area (Å²) in [4.78, 5) is 30.3. The van der Waals surface area contributed by atoms with Crippen molar-refractivity contribution in [1.82, 2.24) is 4.90 Å². The number of nitrogens with two attached hydrogens (primary N) is 1. The maximum Gasteiger partial charge on any atom is 0.420 e. The van der Waals surface area contributed by atoms with Crippen molar-refractivity contribution < 1.29 is 32.2 Å². The molecule has 2 aliphatic heterocycles. The van der Waals surface area contributed by atoms with E-state index >= 15 is 0 Å². The zero-order valence-electron chi connectivity index (χ0n) is 19.5. The van der Waals surface area contributed by atoms with Gasteiger partial charge in [0.25, 0.3) is 5.91 Å². The van der Waals surface area contributed by atoms with Crippen molar-refractivity contribution in [2.24, 2.45) is 16.6 Å². The van der Waals surface area contributed by atoms with Crippen molar-refractivity contribution in [1.29, 1.82) is 5.26 Å². The Labute approximate surface area is 214 Å². The molecule has 2 amide bonds. The second kappa shape index (κ2) is 10.6. The van der Waals surface area contributed by atoms with Crippen LogP contribution in [0.15, 0.2) is 46.3 Å². The lowest BCUT2D eigenvalue weighted by atomic mass is 9.97. The third-order valence-corrected chi connectivity index (χ3v) is 6.94. The summed E-state index contributed by atoms with van der Waals surface area (Å²) in [6.07, 6.45) is -1.94. The van der Waals surface area contributed by atoms with Crippen molar-refractivity contribution >= 4 is 34.8 Å². The first-order valence-corrected chi connectivity index (χ1v) is 11.9. The summed E-state index contributed by atoms with van der Waals surface area (Å²) < 4.78 is 51.3. The Hall–Kier alpha value is -3.98. The van der Waals surface area contributed by atoms with E-state index in [1.54, 1.807) is 18.2 Å². The summed E-state index contributed by atoms with van der Waals surface area (Å²) in [5, 5.41) is 9.49. The smallest absolute Gasteiger partial charge is 0.420 e. The van der Waals surface area contributed by atoms with Crippen molar-refractivity contribution in [2.45, 2.75) is 19.0 Å². The number of thioether (sulfide) groups is 1. The van der Waals surface area contributed by atoms with Gasteiger partial charge in [0.2, 0.25) is 5.91 Å². The number of amides is 2. The Morgan fingerprint density at radius 2 is 1.89 bits per heavy atom. The molecule has 37 heavy (non-hydrogen) atoms. The number of aliphatic imine (C=N–C) groups is 1. The van der Waals surface area contributed by atoms with Gasteiger partial charge in [0, 0.05) is 19.0 Å². The first kappa shape index (κ1) is 26.1. The second-order valence-corrected chi connectivity index (χ2v) is 9.32. The van der Waals surface area contributed by atoms with Gasteiger partial charge in [-0.3, -0.25) is 9.59 Å². The Morgan fingerprint density at radius 1 is 1.19 bits per heavy atom. The van der Waals surface area contributed by atoms with E-state index in [-0.39, 0.29) is 28.9 Å². The number of primary amides is 1. The molecule has 8 nitrogen and oxygen atoms in total. The van der Waals surface area contributed by atoms with Gasteiger partial charge in [-0.05, 0) is 66.6 Å². The molecule has 0 spiro atoms. The van der Waals surface area contributed by atoms with Gasteiger partial charge in [0.15, 0.2) is 16.7 Å². The molecule has 0 unspecified atom stereocenters. The van der Waals surface area contributed by atoms with Gasteiger partial charge >= 0.3 is 6.18 Å². The topological polar surface area (TPSA) is 118 Å². The molecule has 1 fully saturated rings. The van der Waals surface area contributed by atoms with Crippen molar-refractivity contribution in [2.75, 3.05) is 20.2 Å². The first-order chi connectivity index (χ1) is 17.6. The van der Waals surface area contributed by atoms with Gasteiger partial charge in [0.1, 0.15) is 5.75 Å². The van der Waals surface area contributed by atoms with E-state index < -0.39 is 23.4 Å². The van der Waals surface area contributed by atoms with Gasteiger partial charge in [-0.25, -0.2) is 0 Å². The molecule has 0 aromatic heterocycles. The molecular formula is C25H21F3N4O4S. The lowest BCUT2D eigenvalue weighted by Crippen LogP contribution is -2.40. The van der Waals surface area contributed by atoms with Crippen LogP contribution in [0, 0.1) is 17.2 Å². The number of nitrogens with zero attached hydrogens (tertiary/aromatic N) is 3. The van der Waals surface area contributed by atoms with E-state index in [0.717, 1.165) is 12.1 Å². The number of carbonyl (C=O) groups is 2. The highest BCUT2D eigenvalue weighted by molar-refractivity contribution is 8.18. The molecule has 2 aromatic carbocycles. The van der Waals surface area contributed by atoms with E-state index in [1.165, 1.54) is 37.1 Å². The zero-order chi connectivity index (χ0) is 26.7. The normalized spacial score (nSPS) is 17.5. The van der Waals surface area contributed by atoms with E-state index in [2.05, 4.69) is 4.99 Å². The zero-order valence-corrected chi connectivity index (χ0v) is 20.4. The minimum absolute atomic E-state index is 0.0273. The molecule has 4 rings (SSSR count). The molecule has 2 heterocycles. The molecule has 2 aromatic rings. The number of amidine groups is 1. The van der Waals surface area contributed by atoms with E-state index in [1.807, 2.05) is 4.90 Å². The number of benzene rings is 2. The van der Waals surface area contributed by atoms with Crippen LogP contribution < -0.4 is 15.2 Å². The molecule has 0 bridgehead atoms. The van der Waals surface area contributed by atoms with Crippen molar-refractivity contribution in [3.8, 4) is 23.3 Å². The number of hydrogen-bond acceptors (Lipinski definition) is 7. The lowest BCUT2D eigenvalue weighted by molar-refractivity contribution is -0.138. The Morgan fingerprint density at radius 3 is 2.51 bits per heavy atom. The Balaban J connectivity index is 1.51. The summed E-state index contributed by atoms with van der Waals surface area (Å²) in [6.45, 7) is 1.13. The van der Waals surface area contributed by atoms with Gasteiger partial charge in [-0.1, -0.05) is 6.07 Å². The summed E-state index contributed by atoms with van der Waals surface area (Å²) >= 11 is 1.21. The molecule has 0 radical (unpaired) electrons. The molecule has 12 heteroatoms. The van der Waals surface area contributed by atoms with Gasteiger partial charge < -0.3 is 20.1 Å². The number of hydrogen-bond donors (Lipinski definition) is 1. The highest BCUT2D eigenvalue weighted by Crippen LogP contribution is 2.41. The number of rotatable bonds is 5. The summed E-state index contributed by atoms with van der Waals surface area (Å²) in [7, 11) is 1.34. The first-order valence-electron chi connectivity index (χ1n) is 11.1. The fourth-order valence-corrected chi connectivity index (χ4v) is 4.89. The summed E-state index contributed by atoms with van der Waals surface area (Å²) in [5.74, 6) is -1.22. The highest BCUT2D eigenvalue weighted by atomic mass is 32.2. The van der Waals surface area contributed by atoms with Gasteiger partial charge in [-0.2, -0.15) is 23.4 Å². The fourth-order valence-electron chi connectivity index (χ4n) is 3.93. The van der Waals surface area contributed by atoms with Crippen LogP contribution in [0.1, 0.15) is 29.5 Å². The van der Waals surface area contributed by atoms with Crippen molar-refractivity contribution in [3.05, 3.63) is 58.0 Å². The minimum atomic E-state index is -4.73. The molecule has 0 aliphatic carbocycles. The number of nitriles is 1. The lowest BCUT2D eigenvalue weighted by Gasteiger charge is -2.31. The maximum atomic E-state index is 13.5. The standard InChI is InChI=1S/C25H21F3N4O4S/c1-35-20-11-14(2-5-19(20)36-18-4-3-15(13-29)10-17(18)25(26,27)28)12-21-23(34)31-24(37-21)32-8-6-16(7-9-32)22(30)33/h2-5,10-12,16H,6-9H2,1H3,(H2,30,33)/b21-12-. The number of alkyl halides is 3. The molecule has 0 atom stereocenters. The summed E-state index contributed by atoms with van der Waals surface area (Å²) in [5.41, 5.74) is 4.70. The van der Waals surface area contributed by atoms with Crippen LogP contribution in [0.25, 0.3) is 6.08 Å². The fraction of sp³-hybridized carbons (Fsp3) is 0.280. The van der Waals surface area contributed by atoms with E-state index in [4.69, 9.17) is 20.5 Å². The molecule has 2 aliphatic rings. The number of likely N-dealkylation sites (tertiary alicyclic amines) is 1. The van der Waals surface area contributed by atoms with Gasteiger partial charge in [0.05, 0.1) is 29.2 Å². The Bertz CT molecular complexity index is 1340. The molecule has 2 N–H and O–H groups in total. The van der Waals surface area contributed by atoms with E-state index in [0.29, 0.717) is 41.6 Å². The number of methoxy groups -OCH3 is 1. The minimum Gasteiger partial charge on any atom is -0.493 e. The third kappa shape index (κ3) is 5.89. The van der Waals surface area contributed by atoms with Crippen LogP contribution in [0.5, 0.6) is 17.2 Å². The quantitative estimate of drug-likeness (QED) is 0.564. The molecule has 0 saturated carbocycles. The largest absolute Gasteiger partial charge is 0.493 e. The van der Waals surface area contributed by atoms with Crippen LogP contribution in [0.3, 0.4) is 0 Å². The van der Waals surface area contributed by atoms with Crippen molar-refractivity contribution in [3.63, 3.8) is 0 Å². The third-order valence-electron chi connectivity index (χ3n) is 5.90. The Kier molecular flexibility index (Phi) is 7.45. The molecular weight excluding hydrogens is 509 g/mol. The van der Waals surface area contributed by atoms with Crippen LogP contribution in [-0.2, 0) is 15.8 Å². The van der Waals surface area contributed by atoms with Crippen LogP contribution in [0.2, 0.25) is 0 Å². The monoisotopic (exact) mass is 530 g/mol. The van der Waals surface area contributed by atoms with Crippen LogP contribution in [0.4, 0.5) is 13.2 Å². The highest BCUT2D eigenvalue weighted by Gasteiger charge is 2.35. The maximum absolute atomic E-state index is 13.5. The average Bonchev–Trinajstić information content (AvgIpc) is 3.24. The predicted molar refractivity (Wildman–Crippen MR) is 131 cm³/mol. The van der Waals surface area contributed by atoms with Gasteiger partial charge in [-0.15, -0.1) is 0 Å².